The zero-order valence-corrected chi connectivity index (χ0v) is 11.3. The van der Waals surface area contributed by atoms with Gasteiger partial charge in [0, 0.05) is 11.6 Å². The number of halogens is 2. The van der Waals surface area contributed by atoms with Crippen molar-refractivity contribution in [3.05, 3.63) is 52.3 Å². The maximum absolute atomic E-state index is 13.2. The Morgan fingerprint density at radius 2 is 1.89 bits per heavy atom. The average molecular weight is 325 g/mol. The number of carbonyl (C=O) groups is 1. The summed E-state index contributed by atoms with van der Waals surface area (Å²) in [5, 5.41) is 0. The third-order valence-electron chi connectivity index (χ3n) is 2.41. The number of amides is 1. The second-order valence-corrected chi connectivity index (χ2v) is 4.65. The highest BCUT2D eigenvalue weighted by Gasteiger charge is 2.10. The topological polar surface area (TPSA) is 78.3 Å². The Morgan fingerprint density at radius 1 is 1.16 bits per heavy atom. The number of benzene rings is 2. The highest BCUT2D eigenvalue weighted by atomic mass is 79.9. The average Bonchev–Trinajstić information content (AvgIpc) is 2.36. The highest BCUT2D eigenvalue weighted by Crippen LogP contribution is 2.33. The van der Waals surface area contributed by atoms with Crippen LogP contribution in [0.15, 0.2) is 40.9 Å². The van der Waals surface area contributed by atoms with E-state index in [1.54, 1.807) is 0 Å². The minimum atomic E-state index is -0.594. The summed E-state index contributed by atoms with van der Waals surface area (Å²) in [5.41, 5.74) is 11.5. The van der Waals surface area contributed by atoms with Gasteiger partial charge in [-0.05, 0) is 46.3 Å². The Hall–Kier alpha value is -2.08. The van der Waals surface area contributed by atoms with E-state index in [1.807, 2.05) is 0 Å². The normalized spacial score (nSPS) is 10.2. The maximum atomic E-state index is 13.2. The molecule has 0 fully saturated rings. The molecule has 0 aromatic heterocycles. The van der Waals surface area contributed by atoms with E-state index in [0.717, 1.165) is 0 Å². The van der Waals surface area contributed by atoms with E-state index in [9.17, 15) is 9.18 Å². The number of ether oxygens (including phenoxy) is 1. The fraction of sp³-hybridized carbons (Fsp3) is 0. The Kier molecular flexibility index (Phi) is 3.71. The minimum Gasteiger partial charge on any atom is -0.454 e. The van der Waals surface area contributed by atoms with Crippen LogP contribution in [0.25, 0.3) is 0 Å². The third kappa shape index (κ3) is 3.03. The SMILES string of the molecule is NC(=O)c1ccc(N)c(Oc2cc(F)ccc2Br)c1. The van der Waals surface area contributed by atoms with E-state index in [1.165, 1.54) is 36.4 Å². The van der Waals surface area contributed by atoms with Crippen molar-refractivity contribution in [3.8, 4) is 11.5 Å². The van der Waals surface area contributed by atoms with Crippen molar-refractivity contribution in [2.75, 3.05) is 5.73 Å². The van der Waals surface area contributed by atoms with Gasteiger partial charge in [0.05, 0.1) is 10.2 Å². The van der Waals surface area contributed by atoms with Crippen molar-refractivity contribution >= 4 is 27.5 Å². The number of nitrogens with two attached hydrogens (primary N) is 2. The highest BCUT2D eigenvalue weighted by molar-refractivity contribution is 9.10. The standard InChI is InChI=1S/C13H10BrFN2O2/c14-9-3-2-8(15)6-11(9)19-12-5-7(13(17)18)1-4-10(12)16/h1-6H,16H2,(H2,17,18). The van der Waals surface area contributed by atoms with E-state index in [2.05, 4.69) is 15.9 Å². The molecule has 1 amide bonds. The van der Waals surface area contributed by atoms with Gasteiger partial charge in [-0.2, -0.15) is 0 Å². The Morgan fingerprint density at radius 3 is 2.58 bits per heavy atom. The van der Waals surface area contributed by atoms with Gasteiger partial charge in [-0.25, -0.2) is 4.39 Å². The molecule has 0 aliphatic rings. The molecule has 4 nitrogen and oxygen atoms in total. The zero-order chi connectivity index (χ0) is 14.0. The first kappa shape index (κ1) is 13.4. The summed E-state index contributed by atoms with van der Waals surface area (Å²) in [5.74, 6) is -0.540. The smallest absolute Gasteiger partial charge is 0.248 e. The van der Waals surface area contributed by atoms with E-state index in [-0.39, 0.29) is 17.1 Å². The maximum Gasteiger partial charge on any atom is 0.248 e. The predicted molar refractivity (Wildman–Crippen MR) is 73.5 cm³/mol. The number of rotatable bonds is 3. The first-order chi connectivity index (χ1) is 8.97. The fourth-order valence-electron chi connectivity index (χ4n) is 1.45. The molecule has 0 saturated heterocycles. The van der Waals surface area contributed by atoms with Crippen LogP contribution >= 0.6 is 15.9 Å². The summed E-state index contributed by atoms with van der Waals surface area (Å²) in [4.78, 5) is 11.1. The molecule has 0 aliphatic heterocycles. The van der Waals surface area contributed by atoms with Crippen LogP contribution in [0.1, 0.15) is 10.4 Å². The molecule has 0 saturated carbocycles. The molecule has 0 atom stereocenters. The van der Waals surface area contributed by atoms with Crippen molar-refractivity contribution in [2.24, 2.45) is 5.73 Å². The third-order valence-corrected chi connectivity index (χ3v) is 3.07. The van der Waals surface area contributed by atoms with Gasteiger partial charge in [0.25, 0.3) is 0 Å². The molecular weight excluding hydrogens is 315 g/mol. The molecule has 2 aromatic rings. The van der Waals surface area contributed by atoms with Crippen molar-refractivity contribution in [2.45, 2.75) is 0 Å². The molecule has 0 aliphatic carbocycles. The molecule has 4 N–H and O–H groups in total. The van der Waals surface area contributed by atoms with Crippen LogP contribution in [0.4, 0.5) is 10.1 Å². The molecule has 0 radical (unpaired) electrons. The van der Waals surface area contributed by atoms with Crippen molar-refractivity contribution in [1.82, 2.24) is 0 Å². The van der Waals surface area contributed by atoms with Crippen LogP contribution in [-0.2, 0) is 0 Å². The molecule has 0 heterocycles. The zero-order valence-electron chi connectivity index (χ0n) is 9.69. The van der Waals surface area contributed by atoms with Gasteiger partial charge >= 0.3 is 0 Å². The number of anilines is 1. The van der Waals surface area contributed by atoms with Gasteiger partial charge in [0.2, 0.25) is 5.91 Å². The number of primary amides is 1. The van der Waals surface area contributed by atoms with Gasteiger partial charge in [-0.15, -0.1) is 0 Å². The van der Waals surface area contributed by atoms with Crippen molar-refractivity contribution in [3.63, 3.8) is 0 Å². The quantitative estimate of drug-likeness (QED) is 0.851. The van der Waals surface area contributed by atoms with Crippen molar-refractivity contribution < 1.29 is 13.9 Å². The molecule has 0 bridgehead atoms. The van der Waals surface area contributed by atoms with E-state index < -0.39 is 11.7 Å². The molecule has 0 unspecified atom stereocenters. The van der Waals surface area contributed by atoms with Gasteiger partial charge in [-0.1, -0.05) is 0 Å². The van der Waals surface area contributed by atoms with Gasteiger partial charge in [0.15, 0.2) is 5.75 Å². The largest absolute Gasteiger partial charge is 0.454 e. The summed E-state index contributed by atoms with van der Waals surface area (Å²) in [6.07, 6.45) is 0. The lowest BCUT2D eigenvalue weighted by atomic mass is 10.2. The fourth-order valence-corrected chi connectivity index (χ4v) is 1.78. The number of nitrogen functional groups attached to an aromatic ring is 1. The second-order valence-electron chi connectivity index (χ2n) is 3.79. The summed E-state index contributed by atoms with van der Waals surface area (Å²) >= 11 is 3.24. The summed E-state index contributed by atoms with van der Waals surface area (Å²) in [6.45, 7) is 0. The van der Waals surface area contributed by atoms with Gasteiger partial charge in [-0.3, -0.25) is 4.79 Å². The van der Waals surface area contributed by atoms with Crippen LogP contribution < -0.4 is 16.2 Å². The summed E-state index contributed by atoms with van der Waals surface area (Å²) in [6, 6.07) is 8.42. The molecule has 19 heavy (non-hydrogen) atoms. The first-order valence-electron chi connectivity index (χ1n) is 5.29. The Labute approximate surface area is 117 Å². The van der Waals surface area contributed by atoms with Gasteiger partial charge < -0.3 is 16.2 Å². The molecule has 98 valence electrons. The number of carbonyl (C=O) groups excluding carboxylic acids is 1. The van der Waals surface area contributed by atoms with Crippen LogP contribution in [0.5, 0.6) is 11.5 Å². The van der Waals surface area contributed by atoms with Crippen LogP contribution in [0.3, 0.4) is 0 Å². The first-order valence-corrected chi connectivity index (χ1v) is 6.09. The molecule has 2 rings (SSSR count). The Bertz CT molecular complexity index is 647. The monoisotopic (exact) mass is 324 g/mol. The molecule has 2 aromatic carbocycles. The lowest BCUT2D eigenvalue weighted by Gasteiger charge is -2.11. The molecule has 0 spiro atoms. The van der Waals surface area contributed by atoms with Crippen LogP contribution in [0.2, 0.25) is 0 Å². The van der Waals surface area contributed by atoms with Crippen LogP contribution in [-0.4, -0.2) is 5.91 Å². The molecule has 6 heteroatoms. The van der Waals surface area contributed by atoms with Gasteiger partial charge in [0.1, 0.15) is 11.6 Å². The Balaban J connectivity index is 2.40. The lowest BCUT2D eigenvalue weighted by Crippen LogP contribution is -2.11. The van der Waals surface area contributed by atoms with E-state index >= 15 is 0 Å². The van der Waals surface area contributed by atoms with E-state index in [4.69, 9.17) is 16.2 Å². The summed E-state index contributed by atoms with van der Waals surface area (Å²) < 4.78 is 19.2. The summed E-state index contributed by atoms with van der Waals surface area (Å²) in [7, 11) is 0. The minimum absolute atomic E-state index is 0.239. The predicted octanol–water partition coefficient (Wildman–Crippen LogP) is 3.06. The van der Waals surface area contributed by atoms with Crippen LogP contribution in [0, 0.1) is 5.82 Å². The molecular formula is C13H10BrFN2O2. The number of hydrogen-bond donors (Lipinski definition) is 2. The number of hydrogen-bond acceptors (Lipinski definition) is 3. The lowest BCUT2D eigenvalue weighted by molar-refractivity contribution is 0.1000. The van der Waals surface area contributed by atoms with Crippen molar-refractivity contribution in [1.29, 1.82) is 0 Å². The second kappa shape index (κ2) is 5.27. The van der Waals surface area contributed by atoms with E-state index in [0.29, 0.717) is 10.2 Å².